The van der Waals surface area contributed by atoms with Crippen molar-refractivity contribution < 1.29 is 17.9 Å². The highest BCUT2D eigenvalue weighted by Gasteiger charge is 2.32. The molecule has 2 saturated heterocycles. The van der Waals surface area contributed by atoms with Gasteiger partial charge in [0.2, 0.25) is 10.0 Å². The average Bonchev–Trinajstić information content (AvgIpc) is 3.38. The molecule has 3 N–H and O–H groups in total. The lowest BCUT2D eigenvalue weighted by atomic mass is 10.0. The monoisotopic (exact) mass is 500 g/mol. The number of aromatic amines is 1. The number of pyridine rings is 1. The molecule has 3 aromatic rings. The van der Waals surface area contributed by atoms with Crippen LogP contribution in [0.1, 0.15) is 12.8 Å². The van der Waals surface area contributed by atoms with Crippen LogP contribution in [0.15, 0.2) is 41.4 Å². The lowest BCUT2D eigenvalue weighted by Crippen LogP contribution is -2.50. The number of sulfonamides is 1. The molecule has 0 spiro atoms. The first-order valence-corrected chi connectivity index (χ1v) is 13.4. The van der Waals surface area contributed by atoms with Crippen LogP contribution >= 0.6 is 0 Å². The second-order valence-electron chi connectivity index (χ2n) is 8.82. The van der Waals surface area contributed by atoms with E-state index in [1.54, 1.807) is 22.5 Å². The Morgan fingerprint density at radius 1 is 1.09 bits per heavy atom. The summed E-state index contributed by atoms with van der Waals surface area (Å²) in [5.74, 6) is 1.05. The molecule has 35 heavy (non-hydrogen) atoms. The van der Waals surface area contributed by atoms with Gasteiger partial charge in [0, 0.05) is 68.7 Å². The molecule has 0 amide bonds. The van der Waals surface area contributed by atoms with Gasteiger partial charge < -0.3 is 25.1 Å². The standard InChI is InChI=1S/C24H32N6O4S/c1-25-21-16-23(28-24-19(21)5-8-26-24)27-20-4-3-18(15-22(20)33-2)35(31,32)30-9-6-17(7-10-30)29-11-13-34-14-12-29/h3-5,8,15-17H,6-7,9-14H2,1-2H3,(H3,25,26,27,28). The molecule has 5 rings (SSSR count). The van der Waals surface area contributed by atoms with Crippen molar-refractivity contribution in [1.29, 1.82) is 0 Å². The van der Waals surface area contributed by atoms with Crippen LogP contribution in [-0.2, 0) is 14.8 Å². The summed E-state index contributed by atoms with van der Waals surface area (Å²) in [5.41, 5.74) is 2.31. The molecule has 0 saturated carbocycles. The van der Waals surface area contributed by atoms with Crippen LogP contribution in [0.4, 0.5) is 17.2 Å². The van der Waals surface area contributed by atoms with Crippen molar-refractivity contribution in [3.8, 4) is 5.75 Å². The molecule has 0 aliphatic carbocycles. The van der Waals surface area contributed by atoms with Gasteiger partial charge in [0.1, 0.15) is 17.2 Å². The van der Waals surface area contributed by atoms with Crippen molar-refractivity contribution >= 4 is 38.2 Å². The van der Waals surface area contributed by atoms with Crippen LogP contribution in [0.25, 0.3) is 11.0 Å². The molecule has 188 valence electrons. The van der Waals surface area contributed by atoms with Gasteiger partial charge in [-0.2, -0.15) is 4.31 Å². The molecule has 4 heterocycles. The highest BCUT2D eigenvalue weighted by Crippen LogP contribution is 2.33. The third-order valence-electron chi connectivity index (χ3n) is 6.86. The van der Waals surface area contributed by atoms with E-state index >= 15 is 0 Å². The average molecular weight is 501 g/mol. The number of ether oxygens (including phenoxy) is 2. The van der Waals surface area contributed by atoms with Gasteiger partial charge in [-0.3, -0.25) is 4.90 Å². The number of hydrogen-bond donors (Lipinski definition) is 3. The van der Waals surface area contributed by atoms with Gasteiger partial charge in [0.05, 0.1) is 30.9 Å². The molecule has 0 bridgehead atoms. The maximum atomic E-state index is 13.4. The normalized spacial score (nSPS) is 18.6. The molecule has 2 aliphatic heterocycles. The summed E-state index contributed by atoms with van der Waals surface area (Å²) in [6.45, 7) is 4.38. The Labute approximate surface area is 205 Å². The van der Waals surface area contributed by atoms with Crippen LogP contribution in [0.5, 0.6) is 5.75 Å². The Morgan fingerprint density at radius 3 is 2.57 bits per heavy atom. The number of hydrogen-bond acceptors (Lipinski definition) is 8. The quantitative estimate of drug-likeness (QED) is 0.454. The third-order valence-corrected chi connectivity index (χ3v) is 8.75. The van der Waals surface area contributed by atoms with E-state index < -0.39 is 10.0 Å². The van der Waals surface area contributed by atoms with Crippen LogP contribution in [0, 0.1) is 0 Å². The zero-order chi connectivity index (χ0) is 24.4. The highest BCUT2D eigenvalue weighted by molar-refractivity contribution is 7.89. The van der Waals surface area contributed by atoms with Gasteiger partial charge in [-0.05, 0) is 31.0 Å². The first-order valence-electron chi connectivity index (χ1n) is 11.9. The van der Waals surface area contributed by atoms with Gasteiger partial charge in [-0.25, -0.2) is 13.4 Å². The lowest BCUT2D eigenvalue weighted by molar-refractivity contribution is 0.00610. The number of benzene rings is 1. The second-order valence-corrected chi connectivity index (χ2v) is 10.8. The van der Waals surface area contributed by atoms with E-state index in [0.717, 1.165) is 55.9 Å². The summed E-state index contributed by atoms with van der Waals surface area (Å²) >= 11 is 0. The van der Waals surface area contributed by atoms with Gasteiger partial charge in [-0.1, -0.05) is 0 Å². The Bertz CT molecular complexity index is 1280. The minimum atomic E-state index is -3.62. The van der Waals surface area contributed by atoms with Gasteiger partial charge in [0.15, 0.2) is 0 Å². The zero-order valence-electron chi connectivity index (χ0n) is 20.1. The zero-order valence-corrected chi connectivity index (χ0v) is 20.9. The molecule has 2 aromatic heterocycles. The fourth-order valence-electron chi connectivity index (χ4n) is 4.92. The Morgan fingerprint density at radius 2 is 1.86 bits per heavy atom. The van der Waals surface area contributed by atoms with Crippen molar-refractivity contribution in [3.05, 3.63) is 36.5 Å². The lowest BCUT2D eigenvalue weighted by Gasteiger charge is -2.39. The number of nitrogens with zero attached hydrogens (tertiary/aromatic N) is 3. The van der Waals surface area contributed by atoms with Crippen molar-refractivity contribution in [2.45, 2.75) is 23.8 Å². The summed E-state index contributed by atoms with van der Waals surface area (Å²) in [5, 5.41) is 7.42. The molecular weight excluding hydrogens is 468 g/mol. The maximum Gasteiger partial charge on any atom is 0.243 e. The first-order chi connectivity index (χ1) is 17.0. The minimum absolute atomic E-state index is 0.230. The predicted octanol–water partition coefficient (Wildman–Crippen LogP) is 2.84. The van der Waals surface area contributed by atoms with Crippen molar-refractivity contribution in [1.82, 2.24) is 19.2 Å². The van der Waals surface area contributed by atoms with Crippen LogP contribution in [0.2, 0.25) is 0 Å². The number of fused-ring (bicyclic) bond motifs is 1. The Kier molecular flexibility index (Phi) is 6.83. The topological polar surface area (TPSA) is 112 Å². The molecular formula is C24H32N6O4S. The molecule has 1 aromatic carbocycles. The Balaban J connectivity index is 1.32. The number of rotatable bonds is 7. The number of piperidine rings is 1. The Hall–Kier alpha value is -2.86. The van der Waals surface area contributed by atoms with E-state index in [2.05, 4.69) is 25.5 Å². The number of nitrogens with one attached hydrogen (secondary N) is 3. The largest absolute Gasteiger partial charge is 0.495 e. The molecule has 11 heteroatoms. The van der Waals surface area contributed by atoms with Crippen LogP contribution in [0.3, 0.4) is 0 Å². The summed E-state index contributed by atoms with van der Waals surface area (Å²) in [4.78, 5) is 10.4. The van der Waals surface area contributed by atoms with Crippen molar-refractivity contribution in [2.24, 2.45) is 0 Å². The highest BCUT2D eigenvalue weighted by atomic mass is 32.2. The van der Waals surface area contributed by atoms with Gasteiger partial charge >= 0.3 is 0 Å². The molecule has 0 unspecified atom stereocenters. The van der Waals surface area contributed by atoms with E-state index in [9.17, 15) is 8.42 Å². The first kappa shape index (κ1) is 23.9. The van der Waals surface area contributed by atoms with Crippen molar-refractivity contribution in [2.75, 3.05) is 64.2 Å². The molecule has 2 aliphatic rings. The van der Waals surface area contributed by atoms with Crippen molar-refractivity contribution in [3.63, 3.8) is 0 Å². The van der Waals surface area contributed by atoms with Gasteiger partial charge in [0.25, 0.3) is 0 Å². The fraction of sp³-hybridized carbons (Fsp3) is 0.458. The second kappa shape index (κ2) is 10.0. The van der Waals surface area contributed by atoms with E-state index in [4.69, 9.17) is 9.47 Å². The maximum absolute atomic E-state index is 13.4. The number of anilines is 3. The molecule has 2 fully saturated rings. The smallest absolute Gasteiger partial charge is 0.243 e. The fourth-order valence-corrected chi connectivity index (χ4v) is 6.41. The summed E-state index contributed by atoms with van der Waals surface area (Å²) in [6, 6.07) is 9.21. The van der Waals surface area contributed by atoms with E-state index in [0.29, 0.717) is 36.4 Å². The number of methoxy groups -OCH3 is 1. The number of morpholine rings is 1. The summed E-state index contributed by atoms with van der Waals surface area (Å²) in [6.07, 6.45) is 3.50. The van der Waals surface area contributed by atoms with Gasteiger partial charge in [-0.15, -0.1) is 0 Å². The molecule has 0 radical (unpaired) electrons. The van der Waals surface area contributed by atoms with Crippen LogP contribution in [-0.4, -0.2) is 87.2 Å². The van der Waals surface area contributed by atoms with Crippen LogP contribution < -0.4 is 15.4 Å². The number of aromatic nitrogens is 2. The number of H-pyrrole nitrogens is 1. The van der Waals surface area contributed by atoms with E-state index in [-0.39, 0.29) is 4.90 Å². The SMILES string of the molecule is CNc1cc(Nc2ccc(S(=O)(=O)N3CCC(N4CCOCC4)CC3)cc2OC)nc2[nH]ccc12. The third kappa shape index (κ3) is 4.81. The summed E-state index contributed by atoms with van der Waals surface area (Å²) in [7, 11) is -0.229. The predicted molar refractivity (Wildman–Crippen MR) is 136 cm³/mol. The molecule has 0 atom stereocenters. The van der Waals surface area contributed by atoms with E-state index in [1.807, 2.05) is 25.4 Å². The minimum Gasteiger partial charge on any atom is -0.495 e. The molecule has 10 nitrogen and oxygen atoms in total. The summed E-state index contributed by atoms with van der Waals surface area (Å²) < 4.78 is 39.4. The van der Waals surface area contributed by atoms with E-state index in [1.165, 1.54) is 7.11 Å².